The molecule has 8 heteroatoms. The fourth-order valence-electron chi connectivity index (χ4n) is 3.49. The molecule has 0 saturated carbocycles. The van der Waals surface area contributed by atoms with E-state index >= 15 is 0 Å². The van der Waals surface area contributed by atoms with Crippen LogP contribution in [0.15, 0.2) is 48.5 Å². The van der Waals surface area contributed by atoms with Crippen molar-refractivity contribution >= 4 is 17.9 Å². The predicted octanol–water partition coefficient (Wildman–Crippen LogP) is 3.00. The number of amides is 3. The van der Waals surface area contributed by atoms with Crippen LogP contribution < -0.4 is 10.6 Å². The van der Waals surface area contributed by atoms with Crippen molar-refractivity contribution < 1.29 is 24.2 Å². The molecule has 0 saturated heterocycles. The molecule has 0 aromatic heterocycles. The van der Waals surface area contributed by atoms with Gasteiger partial charge in [0.2, 0.25) is 11.8 Å². The maximum Gasteiger partial charge on any atom is 0.408 e. The van der Waals surface area contributed by atoms with E-state index in [0.717, 1.165) is 16.7 Å². The van der Waals surface area contributed by atoms with E-state index in [0.29, 0.717) is 12.1 Å². The van der Waals surface area contributed by atoms with E-state index in [1.807, 2.05) is 56.3 Å². The number of benzene rings is 2. The number of aryl methyl sites for hydroxylation is 1. The smallest absolute Gasteiger partial charge is 0.408 e. The molecule has 0 aliphatic heterocycles. The Morgan fingerprint density at radius 3 is 2.26 bits per heavy atom. The number of ether oxygens (including phenoxy) is 1. The van der Waals surface area contributed by atoms with E-state index in [9.17, 15) is 19.5 Å². The second-order valence-corrected chi connectivity index (χ2v) is 9.23. The Labute approximate surface area is 201 Å². The molecule has 34 heavy (non-hydrogen) atoms. The van der Waals surface area contributed by atoms with Gasteiger partial charge in [0, 0.05) is 13.6 Å². The van der Waals surface area contributed by atoms with Gasteiger partial charge in [-0.15, -0.1) is 0 Å². The number of carbonyl (C=O) groups is 3. The molecule has 184 valence electrons. The highest BCUT2D eigenvalue weighted by molar-refractivity contribution is 5.92. The highest BCUT2D eigenvalue weighted by Crippen LogP contribution is 2.26. The van der Waals surface area contributed by atoms with Crippen LogP contribution >= 0.6 is 0 Å². The van der Waals surface area contributed by atoms with E-state index < -0.39 is 36.3 Å². The van der Waals surface area contributed by atoms with Gasteiger partial charge in [-0.1, -0.05) is 48.5 Å². The second kappa shape index (κ2) is 11.7. The van der Waals surface area contributed by atoms with Gasteiger partial charge >= 0.3 is 6.09 Å². The molecule has 0 aliphatic rings. The van der Waals surface area contributed by atoms with Gasteiger partial charge < -0.3 is 25.4 Å². The van der Waals surface area contributed by atoms with Crippen molar-refractivity contribution in [1.82, 2.24) is 15.5 Å². The second-order valence-electron chi connectivity index (χ2n) is 9.23. The van der Waals surface area contributed by atoms with Crippen molar-refractivity contribution in [3.63, 3.8) is 0 Å². The van der Waals surface area contributed by atoms with Crippen LogP contribution in [-0.4, -0.2) is 53.2 Å². The molecule has 0 fully saturated rings. The number of likely N-dealkylation sites (N-methyl/N-ethyl adjacent to an activating group) is 1. The lowest BCUT2D eigenvalue weighted by Crippen LogP contribution is -2.53. The van der Waals surface area contributed by atoms with E-state index in [4.69, 9.17) is 4.74 Å². The standard InChI is InChI=1S/C26H35N3O5/c1-17-11-10-14-20(18(17)2)22(23(31)27-15-19-12-8-7-9-13-19)29(6)24(32)21(16-30)28-25(33)34-26(3,4)5/h7-14,21-22,30H,15-16H2,1-6H3,(H,27,31)(H,28,33). The van der Waals surface area contributed by atoms with Crippen molar-refractivity contribution in [1.29, 1.82) is 0 Å². The first-order valence-corrected chi connectivity index (χ1v) is 11.2. The van der Waals surface area contributed by atoms with Gasteiger partial charge in [0.25, 0.3) is 0 Å². The highest BCUT2D eigenvalue weighted by atomic mass is 16.6. The molecule has 8 nitrogen and oxygen atoms in total. The van der Waals surface area contributed by atoms with Crippen LogP contribution in [0.2, 0.25) is 0 Å². The van der Waals surface area contributed by atoms with Gasteiger partial charge in [0.05, 0.1) is 6.61 Å². The molecule has 0 heterocycles. The van der Waals surface area contributed by atoms with Crippen molar-refractivity contribution in [2.24, 2.45) is 0 Å². The Kier molecular flexibility index (Phi) is 9.20. The molecular weight excluding hydrogens is 434 g/mol. The van der Waals surface area contributed by atoms with Crippen molar-refractivity contribution in [2.45, 2.75) is 58.8 Å². The number of nitrogens with zero attached hydrogens (tertiary/aromatic N) is 1. The fraction of sp³-hybridized carbons (Fsp3) is 0.423. The van der Waals surface area contributed by atoms with Crippen molar-refractivity contribution in [3.05, 3.63) is 70.8 Å². The quantitative estimate of drug-likeness (QED) is 0.551. The molecule has 3 amide bonds. The van der Waals surface area contributed by atoms with Crippen molar-refractivity contribution in [3.8, 4) is 0 Å². The third-order valence-electron chi connectivity index (χ3n) is 5.41. The van der Waals surface area contributed by atoms with Crippen LogP contribution in [0.3, 0.4) is 0 Å². The summed E-state index contributed by atoms with van der Waals surface area (Å²) in [5.74, 6) is -0.989. The van der Waals surface area contributed by atoms with Crippen LogP contribution in [-0.2, 0) is 20.9 Å². The summed E-state index contributed by atoms with van der Waals surface area (Å²) in [4.78, 5) is 40.1. The van der Waals surface area contributed by atoms with Crippen LogP contribution in [0, 0.1) is 13.8 Å². The Morgan fingerprint density at radius 2 is 1.68 bits per heavy atom. The summed E-state index contributed by atoms with van der Waals surface area (Å²) >= 11 is 0. The Balaban J connectivity index is 2.31. The number of rotatable bonds is 8. The largest absolute Gasteiger partial charge is 0.444 e. The van der Waals surface area contributed by atoms with E-state index in [1.54, 1.807) is 26.8 Å². The van der Waals surface area contributed by atoms with E-state index in [-0.39, 0.29) is 5.91 Å². The zero-order valence-electron chi connectivity index (χ0n) is 20.7. The van der Waals surface area contributed by atoms with Gasteiger partial charge in [0.1, 0.15) is 17.7 Å². The molecule has 2 atom stereocenters. The number of aliphatic hydroxyl groups excluding tert-OH is 1. The lowest BCUT2D eigenvalue weighted by molar-refractivity contribution is -0.141. The Morgan fingerprint density at radius 1 is 1.03 bits per heavy atom. The molecule has 2 rings (SSSR count). The number of hydrogen-bond donors (Lipinski definition) is 3. The summed E-state index contributed by atoms with van der Waals surface area (Å²) in [5.41, 5.74) is 2.67. The Bertz CT molecular complexity index is 1000. The SMILES string of the molecule is Cc1cccc(C(C(=O)NCc2ccccc2)N(C)C(=O)C(CO)NC(=O)OC(C)(C)C)c1C. The summed E-state index contributed by atoms with van der Waals surface area (Å²) in [6.07, 6.45) is -0.829. The first kappa shape index (κ1) is 26.9. The summed E-state index contributed by atoms with van der Waals surface area (Å²) in [7, 11) is 1.48. The van der Waals surface area contributed by atoms with Crippen LogP contribution in [0.1, 0.15) is 49.1 Å². The number of nitrogens with one attached hydrogen (secondary N) is 2. The molecule has 2 aromatic carbocycles. The van der Waals surface area contributed by atoms with Crippen LogP contribution in [0.4, 0.5) is 4.79 Å². The molecule has 2 unspecified atom stereocenters. The molecule has 0 aliphatic carbocycles. The zero-order chi connectivity index (χ0) is 25.5. The Hall–Kier alpha value is -3.39. The van der Waals surface area contributed by atoms with Gasteiger partial charge in [0.15, 0.2) is 0 Å². The average Bonchev–Trinajstić information content (AvgIpc) is 2.78. The lowest BCUT2D eigenvalue weighted by atomic mass is 9.95. The number of carbonyl (C=O) groups excluding carboxylic acids is 3. The molecule has 3 N–H and O–H groups in total. The molecule has 0 bridgehead atoms. The van der Waals surface area contributed by atoms with Gasteiger partial charge in [-0.25, -0.2) is 4.79 Å². The van der Waals surface area contributed by atoms with Gasteiger partial charge in [-0.2, -0.15) is 0 Å². The number of aliphatic hydroxyl groups is 1. The fourth-order valence-corrected chi connectivity index (χ4v) is 3.49. The predicted molar refractivity (Wildman–Crippen MR) is 130 cm³/mol. The molecule has 0 spiro atoms. The first-order valence-electron chi connectivity index (χ1n) is 11.2. The van der Waals surface area contributed by atoms with Crippen LogP contribution in [0.25, 0.3) is 0 Å². The lowest BCUT2D eigenvalue weighted by Gasteiger charge is -2.32. The van der Waals surface area contributed by atoms with Crippen LogP contribution in [0.5, 0.6) is 0 Å². The number of alkyl carbamates (subject to hydrolysis) is 1. The molecule has 2 aromatic rings. The maximum absolute atomic E-state index is 13.4. The number of hydrogen-bond acceptors (Lipinski definition) is 5. The normalized spacial score (nSPS) is 12.9. The highest BCUT2D eigenvalue weighted by Gasteiger charge is 2.34. The summed E-state index contributed by atoms with van der Waals surface area (Å²) in [5, 5.41) is 15.1. The third-order valence-corrected chi connectivity index (χ3v) is 5.41. The molecule has 0 radical (unpaired) electrons. The minimum atomic E-state index is -1.27. The maximum atomic E-state index is 13.4. The average molecular weight is 470 g/mol. The van der Waals surface area contributed by atoms with E-state index in [2.05, 4.69) is 10.6 Å². The van der Waals surface area contributed by atoms with E-state index in [1.165, 1.54) is 11.9 Å². The minimum absolute atomic E-state index is 0.294. The monoisotopic (exact) mass is 469 g/mol. The topological polar surface area (TPSA) is 108 Å². The third kappa shape index (κ3) is 7.31. The molecular formula is C26H35N3O5. The first-order chi connectivity index (χ1) is 15.9. The van der Waals surface area contributed by atoms with Crippen molar-refractivity contribution in [2.75, 3.05) is 13.7 Å². The summed E-state index contributed by atoms with van der Waals surface area (Å²) in [6.45, 7) is 8.56. The van der Waals surface area contributed by atoms with Gasteiger partial charge in [-0.05, 0) is 56.9 Å². The summed E-state index contributed by atoms with van der Waals surface area (Å²) < 4.78 is 5.20. The minimum Gasteiger partial charge on any atom is -0.444 e. The van der Waals surface area contributed by atoms with Gasteiger partial charge in [-0.3, -0.25) is 9.59 Å². The zero-order valence-corrected chi connectivity index (χ0v) is 20.7. The summed E-state index contributed by atoms with van der Waals surface area (Å²) in [6, 6.07) is 12.8.